The van der Waals surface area contributed by atoms with Crippen molar-refractivity contribution in [2.75, 3.05) is 20.8 Å². The van der Waals surface area contributed by atoms with Crippen LogP contribution in [-0.2, 0) is 0 Å². The molecule has 0 fully saturated rings. The lowest BCUT2D eigenvalue weighted by Crippen LogP contribution is -2.19. The number of hydrogen-bond acceptors (Lipinski definition) is 4. The van der Waals surface area contributed by atoms with Crippen LogP contribution < -0.4 is 9.47 Å². The smallest absolute Gasteiger partial charge is 0.172 e. The van der Waals surface area contributed by atoms with Crippen LogP contribution in [0, 0.1) is 19.8 Å². The van der Waals surface area contributed by atoms with Crippen molar-refractivity contribution in [1.82, 2.24) is 0 Å². The first-order chi connectivity index (χ1) is 9.01. The van der Waals surface area contributed by atoms with E-state index in [0.29, 0.717) is 23.5 Å². The lowest BCUT2D eigenvalue weighted by molar-refractivity contribution is 0.0852. The molecule has 1 atom stereocenters. The standard InChI is InChI=1S/C15H22O4/c1-6-11(8-16)14(17)12-7-13(18-4)9(2)10(3)15(12)19-5/h7,11,16H,6,8H2,1-5H3. The summed E-state index contributed by atoms with van der Waals surface area (Å²) in [5.41, 5.74) is 2.31. The summed E-state index contributed by atoms with van der Waals surface area (Å²) in [5.74, 6) is 0.716. The molecule has 0 aliphatic carbocycles. The van der Waals surface area contributed by atoms with Crippen molar-refractivity contribution in [2.45, 2.75) is 27.2 Å². The lowest BCUT2D eigenvalue weighted by Gasteiger charge is -2.18. The third kappa shape index (κ3) is 2.89. The predicted molar refractivity (Wildman–Crippen MR) is 74.2 cm³/mol. The monoisotopic (exact) mass is 266 g/mol. The summed E-state index contributed by atoms with van der Waals surface area (Å²) in [4.78, 5) is 12.4. The Morgan fingerprint density at radius 3 is 2.32 bits per heavy atom. The summed E-state index contributed by atoms with van der Waals surface area (Å²) in [7, 11) is 3.12. The van der Waals surface area contributed by atoms with Gasteiger partial charge in [0.1, 0.15) is 11.5 Å². The molecule has 1 rings (SSSR count). The van der Waals surface area contributed by atoms with E-state index in [-0.39, 0.29) is 12.4 Å². The van der Waals surface area contributed by atoms with Crippen LogP contribution in [0.1, 0.15) is 34.8 Å². The van der Waals surface area contributed by atoms with Gasteiger partial charge in [-0.25, -0.2) is 0 Å². The number of methoxy groups -OCH3 is 2. The van der Waals surface area contributed by atoms with Crippen molar-refractivity contribution in [1.29, 1.82) is 0 Å². The van der Waals surface area contributed by atoms with Crippen LogP contribution in [0.15, 0.2) is 6.07 Å². The zero-order valence-electron chi connectivity index (χ0n) is 12.2. The minimum Gasteiger partial charge on any atom is -0.496 e. The van der Waals surface area contributed by atoms with Gasteiger partial charge in [-0.05, 0) is 37.5 Å². The molecule has 0 amide bonds. The summed E-state index contributed by atoms with van der Waals surface area (Å²) in [6.07, 6.45) is 0.591. The number of carbonyl (C=O) groups is 1. The van der Waals surface area contributed by atoms with Crippen molar-refractivity contribution in [3.8, 4) is 11.5 Å². The maximum atomic E-state index is 12.4. The number of aliphatic hydroxyl groups is 1. The van der Waals surface area contributed by atoms with E-state index in [9.17, 15) is 9.90 Å². The molecule has 0 aromatic heterocycles. The first kappa shape index (κ1) is 15.5. The van der Waals surface area contributed by atoms with Crippen LogP contribution >= 0.6 is 0 Å². The van der Waals surface area contributed by atoms with Crippen LogP contribution in [0.5, 0.6) is 11.5 Å². The van der Waals surface area contributed by atoms with Crippen LogP contribution in [0.2, 0.25) is 0 Å². The Morgan fingerprint density at radius 1 is 1.26 bits per heavy atom. The van der Waals surface area contributed by atoms with Gasteiger partial charge in [-0.15, -0.1) is 0 Å². The van der Waals surface area contributed by atoms with E-state index in [1.54, 1.807) is 20.3 Å². The SMILES string of the molecule is CCC(CO)C(=O)c1cc(OC)c(C)c(C)c1OC. The van der Waals surface area contributed by atoms with Crippen molar-refractivity contribution in [3.63, 3.8) is 0 Å². The van der Waals surface area contributed by atoms with Gasteiger partial charge in [-0.2, -0.15) is 0 Å². The topological polar surface area (TPSA) is 55.8 Å². The maximum Gasteiger partial charge on any atom is 0.172 e. The molecular formula is C15H22O4. The highest BCUT2D eigenvalue weighted by molar-refractivity contribution is 6.01. The van der Waals surface area contributed by atoms with Crippen molar-refractivity contribution in [3.05, 3.63) is 22.8 Å². The quantitative estimate of drug-likeness (QED) is 0.804. The second-order valence-corrected chi connectivity index (χ2v) is 4.56. The second-order valence-electron chi connectivity index (χ2n) is 4.56. The minimum absolute atomic E-state index is 0.108. The Morgan fingerprint density at radius 2 is 1.89 bits per heavy atom. The van der Waals surface area contributed by atoms with Gasteiger partial charge in [0.25, 0.3) is 0 Å². The first-order valence-corrected chi connectivity index (χ1v) is 6.38. The normalized spacial score (nSPS) is 12.1. The highest BCUT2D eigenvalue weighted by atomic mass is 16.5. The molecule has 0 bridgehead atoms. The average Bonchev–Trinajstić information content (AvgIpc) is 2.42. The Kier molecular flexibility index (Phi) is 5.36. The van der Waals surface area contributed by atoms with Gasteiger partial charge in [0.15, 0.2) is 5.78 Å². The van der Waals surface area contributed by atoms with E-state index in [2.05, 4.69) is 0 Å². The van der Waals surface area contributed by atoms with Gasteiger partial charge in [0, 0.05) is 5.92 Å². The van der Waals surface area contributed by atoms with E-state index < -0.39 is 5.92 Å². The number of aliphatic hydroxyl groups excluding tert-OH is 1. The fourth-order valence-electron chi connectivity index (χ4n) is 2.14. The summed E-state index contributed by atoms with van der Waals surface area (Å²) in [6, 6.07) is 1.70. The fraction of sp³-hybridized carbons (Fsp3) is 0.533. The summed E-state index contributed by atoms with van der Waals surface area (Å²) in [5, 5.41) is 9.28. The molecule has 1 aromatic carbocycles. The van der Waals surface area contributed by atoms with Crippen LogP contribution in [0.3, 0.4) is 0 Å². The molecule has 4 heteroatoms. The molecule has 0 aliphatic rings. The van der Waals surface area contributed by atoms with Gasteiger partial charge in [-0.1, -0.05) is 6.92 Å². The molecule has 0 aliphatic heterocycles. The number of rotatable bonds is 6. The molecule has 0 spiro atoms. The molecule has 1 unspecified atom stereocenters. The Bertz CT molecular complexity index is 462. The zero-order valence-corrected chi connectivity index (χ0v) is 12.2. The largest absolute Gasteiger partial charge is 0.496 e. The Labute approximate surface area is 114 Å². The van der Waals surface area contributed by atoms with Gasteiger partial charge >= 0.3 is 0 Å². The number of benzene rings is 1. The molecule has 0 saturated carbocycles. The summed E-state index contributed by atoms with van der Waals surface area (Å²) >= 11 is 0. The zero-order chi connectivity index (χ0) is 14.6. The second kappa shape index (κ2) is 6.57. The van der Waals surface area contributed by atoms with Crippen molar-refractivity contribution < 1.29 is 19.4 Å². The molecule has 4 nitrogen and oxygen atoms in total. The third-order valence-corrected chi connectivity index (χ3v) is 3.57. The van der Waals surface area contributed by atoms with Crippen molar-refractivity contribution >= 4 is 5.78 Å². The number of carbonyl (C=O) groups excluding carboxylic acids is 1. The van der Waals surface area contributed by atoms with Gasteiger partial charge in [0.2, 0.25) is 0 Å². The van der Waals surface area contributed by atoms with Crippen molar-refractivity contribution in [2.24, 2.45) is 5.92 Å². The number of ether oxygens (including phenoxy) is 2. The van der Waals surface area contributed by atoms with Gasteiger partial charge in [-0.3, -0.25) is 4.79 Å². The predicted octanol–water partition coefficient (Wildman–Crippen LogP) is 2.52. The molecule has 19 heavy (non-hydrogen) atoms. The number of Topliss-reactive ketones (excluding diaryl/α,β-unsaturated/α-hetero) is 1. The Hall–Kier alpha value is -1.55. The van der Waals surface area contributed by atoms with Gasteiger partial charge < -0.3 is 14.6 Å². The maximum absolute atomic E-state index is 12.4. The molecular weight excluding hydrogens is 244 g/mol. The first-order valence-electron chi connectivity index (χ1n) is 6.38. The van der Waals surface area contributed by atoms with E-state index in [4.69, 9.17) is 9.47 Å². The summed E-state index contributed by atoms with van der Waals surface area (Å²) in [6.45, 7) is 5.54. The van der Waals surface area contributed by atoms with Gasteiger partial charge in [0.05, 0.1) is 26.4 Å². The van der Waals surface area contributed by atoms with Crippen LogP contribution in [0.4, 0.5) is 0 Å². The fourth-order valence-corrected chi connectivity index (χ4v) is 2.14. The van der Waals surface area contributed by atoms with Crippen LogP contribution in [0.25, 0.3) is 0 Å². The Balaban J connectivity index is 3.41. The molecule has 0 saturated heterocycles. The summed E-state index contributed by atoms with van der Waals surface area (Å²) < 4.78 is 10.7. The molecule has 1 aromatic rings. The molecule has 0 radical (unpaired) electrons. The van der Waals surface area contributed by atoms with Crippen LogP contribution in [-0.4, -0.2) is 31.7 Å². The number of hydrogen-bond donors (Lipinski definition) is 1. The third-order valence-electron chi connectivity index (χ3n) is 3.57. The van der Waals surface area contributed by atoms with E-state index in [1.807, 2.05) is 20.8 Å². The highest BCUT2D eigenvalue weighted by Crippen LogP contribution is 2.34. The van der Waals surface area contributed by atoms with E-state index in [1.165, 1.54) is 0 Å². The molecule has 106 valence electrons. The van der Waals surface area contributed by atoms with E-state index in [0.717, 1.165) is 11.1 Å². The highest BCUT2D eigenvalue weighted by Gasteiger charge is 2.24. The average molecular weight is 266 g/mol. The molecule has 1 N–H and O–H groups in total. The minimum atomic E-state index is -0.402. The lowest BCUT2D eigenvalue weighted by atomic mass is 9.92. The van der Waals surface area contributed by atoms with E-state index >= 15 is 0 Å². The number of ketones is 1. The molecule has 0 heterocycles.